The molecule has 1 atom stereocenters. The Hall–Kier alpha value is -1.35. The zero-order chi connectivity index (χ0) is 14.0. The van der Waals surface area contributed by atoms with E-state index in [4.69, 9.17) is 4.74 Å². The van der Waals surface area contributed by atoms with Gasteiger partial charge < -0.3 is 10.1 Å². The second-order valence-corrected chi connectivity index (χ2v) is 4.56. The number of rotatable bonds is 8. The van der Waals surface area contributed by atoms with Crippen molar-refractivity contribution in [2.75, 3.05) is 13.7 Å². The molecule has 0 rings (SSSR count). The first-order valence-electron chi connectivity index (χ1n) is 6.33. The number of hydrogen-bond acceptors (Lipinski definition) is 3. The largest absolute Gasteiger partial charge is 0.460 e. The van der Waals surface area contributed by atoms with Gasteiger partial charge in [-0.05, 0) is 31.9 Å². The van der Waals surface area contributed by atoms with Gasteiger partial charge in [-0.2, -0.15) is 0 Å². The van der Waals surface area contributed by atoms with Crippen molar-refractivity contribution in [2.45, 2.75) is 33.2 Å². The molecule has 0 radical (unpaired) electrons. The molecule has 3 heteroatoms. The van der Waals surface area contributed by atoms with E-state index >= 15 is 0 Å². The highest BCUT2D eigenvalue weighted by atomic mass is 16.5. The molecule has 0 unspecified atom stereocenters. The van der Waals surface area contributed by atoms with Crippen molar-refractivity contribution in [3.05, 3.63) is 36.5 Å². The van der Waals surface area contributed by atoms with Crippen LogP contribution in [0, 0.1) is 5.92 Å². The maximum absolute atomic E-state index is 11.9. The predicted octanol–water partition coefficient (Wildman–Crippen LogP) is 2.85. The number of allylic oxidation sites excluding steroid dienone is 3. The molecule has 0 aromatic heterocycles. The molecule has 0 aliphatic heterocycles. The Bertz CT molecular complexity index is 316. The Morgan fingerprint density at radius 1 is 1.44 bits per heavy atom. The first-order chi connectivity index (χ1) is 8.54. The summed E-state index contributed by atoms with van der Waals surface area (Å²) < 4.78 is 5.29. The van der Waals surface area contributed by atoms with E-state index < -0.39 is 0 Å². The van der Waals surface area contributed by atoms with Gasteiger partial charge in [-0.1, -0.05) is 44.7 Å². The monoisotopic (exact) mass is 251 g/mol. The molecule has 102 valence electrons. The van der Waals surface area contributed by atoms with Crippen molar-refractivity contribution in [1.29, 1.82) is 0 Å². The van der Waals surface area contributed by atoms with Gasteiger partial charge in [0.25, 0.3) is 0 Å². The topological polar surface area (TPSA) is 38.3 Å². The average molecular weight is 251 g/mol. The summed E-state index contributed by atoms with van der Waals surface area (Å²) in [5.41, 5.74) is 0.931. The molecule has 0 aliphatic rings. The zero-order valence-corrected chi connectivity index (χ0v) is 11.9. The van der Waals surface area contributed by atoms with Crippen LogP contribution in [0.1, 0.15) is 27.2 Å². The Morgan fingerprint density at radius 2 is 2.11 bits per heavy atom. The van der Waals surface area contributed by atoms with Crippen molar-refractivity contribution < 1.29 is 9.53 Å². The average Bonchev–Trinajstić information content (AvgIpc) is 2.33. The van der Waals surface area contributed by atoms with Crippen LogP contribution in [0.5, 0.6) is 0 Å². The molecule has 18 heavy (non-hydrogen) atoms. The van der Waals surface area contributed by atoms with E-state index in [0.29, 0.717) is 5.92 Å². The van der Waals surface area contributed by atoms with Gasteiger partial charge in [0.1, 0.15) is 12.6 Å². The number of nitrogens with one attached hydrogen (secondary N) is 1. The fraction of sp³-hybridized carbons (Fsp3) is 0.533. The summed E-state index contributed by atoms with van der Waals surface area (Å²) in [6.07, 6.45) is 8.12. The lowest BCUT2D eigenvalue weighted by Crippen LogP contribution is -2.36. The first-order valence-corrected chi connectivity index (χ1v) is 6.33. The van der Waals surface area contributed by atoms with E-state index in [2.05, 4.69) is 25.7 Å². The van der Waals surface area contributed by atoms with Crippen LogP contribution in [0.2, 0.25) is 0 Å². The Balaban J connectivity index is 4.37. The summed E-state index contributed by atoms with van der Waals surface area (Å²) in [6.45, 7) is 10.0. The molecule has 0 aliphatic carbocycles. The van der Waals surface area contributed by atoms with Crippen LogP contribution < -0.4 is 5.32 Å². The lowest BCUT2D eigenvalue weighted by Gasteiger charge is -2.17. The molecule has 1 N–H and O–H groups in total. The summed E-state index contributed by atoms with van der Waals surface area (Å²) in [7, 11) is 1.78. The minimum atomic E-state index is -0.236. The van der Waals surface area contributed by atoms with Crippen molar-refractivity contribution in [2.24, 2.45) is 5.92 Å². The van der Waals surface area contributed by atoms with Crippen LogP contribution in [0.25, 0.3) is 0 Å². The molecule has 0 aromatic carbocycles. The van der Waals surface area contributed by atoms with E-state index in [1.807, 2.05) is 25.2 Å². The van der Waals surface area contributed by atoms with Gasteiger partial charge >= 0.3 is 5.97 Å². The minimum absolute atomic E-state index is 0.203. The lowest BCUT2D eigenvalue weighted by molar-refractivity contribution is -0.145. The van der Waals surface area contributed by atoms with Crippen LogP contribution >= 0.6 is 0 Å². The molecule has 0 bridgehead atoms. The van der Waals surface area contributed by atoms with E-state index in [9.17, 15) is 4.79 Å². The molecular formula is C15H25NO2. The maximum atomic E-state index is 11.9. The summed E-state index contributed by atoms with van der Waals surface area (Å²) in [6, 6.07) is -0.236. The summed E-state index contributed by atoms with van der Waals surface area (Å²) >= 11 is 0. The van der Waals surface area contributed by atoms with Crippen LogP contribution in [0.3, 0.4) is 0 Å². The van der Waals surface area contributed by atoms with Gasteiger partial charge in [0, 0.05) is 0 Å². The SMILES string of the molecule is C=C/C=C(\C=C/C)COC(=O)[C@H](CC(C)C)NC. The highest BCUT2D eigenvalue weighted by molar-refractivity contribution is 5.75. The van der Waals surface area contributed by atoms with Crippen molar-refractivity contribution in [1.82, 2.24) is 5.32 Å². The first kappa shape index (κ1) is 16.6. The number of carbonyl (C=O) groups is 1. The molecule has 0 amide bonds. The maximum Gasteiger partial charge on any atom is 0.323 e. The fourth-order valence-corrected chi connectivity index (χ4v) is 1.58. The number of esters is 1. The van der Waals surface area contributed by atoms with Crippen LogP contribution in [0.4, 0.5) is 0 Å². The normalized spacial score (nSPS) is 13.9. The Kier molecular flexibility index (Phi) is 8.93. The number of ether oxygens (including phenoxy) is 1. The number of likely N-dealkylation sites (N-methyl/N-ethyl adjacent to an activating group) is 1. The van der Waals surface area contributed by atoms with E-state index in [-0.39, 0.29) is 18.6 Å². The quantitative estimate of drug-likeness (QED) is 0.532. The van der Waals surface area contributed by atoms with E-state index in [0.717, 1.165) is 12.0 Å². The Morgan fingerprint density at radius 3 is 2.56 bits per heavy atom. The lowest BCUT2D eigenvalue weighted by atomic mass is 10.0. The third-order valence-electron chi connectivity index (χ3n) is 2.43. The van der Waals surface area contributed by atoms with Gasteiger partial charge in [0.05, 0.1) is 0 Å². The summed E-state index contributed by atoms with van der Waals surface area (Å²) in [4.78, 5) is 11.9. The van der Waals surface area contributed by atoms with Gasteiger partial charge in [-0.3, -0.25) is 4.79 Å². The van der Waals surface area contributed by atoms with Crippen molar-refractivity contribution in [3.63, 3.8) is 0 Å². The van der Waals surface area contributed by atoms with Gasteiger partial charge in [0.2, 0.25) is 0 Å². The van der Waals surface area contributed by atoms with E-state index in [1.54, 1.807) is 13.1 Å². The molecule has 0 aromatic rings. The third-order valence-corrected chi connectivity index (χ3v) is 2.43. The smallest absolute Gasteiger partial charge is 0.323 e. The second kappa shape index (κ2) is 9.66. The van der Waals surface area contributed by atoms with Crippen LogP contribution in [-0.2, 0) is 9.53 Å². The molecule has 0 heterocycles. The molecule has 0 saturated carbocycles. The highest BCUT2D eigenvalue weighted by Crippen LogP contribution is 2.07. The van der Waals surface area contributed by atoms with E-state index in [1.165, 1.54) is 0 Å². The highest BCUT2D eigenvalue weighted by Gasteiger charge is 2.19. The van der Waals surface area contributed by atoms with Gasteiger partial charge in [-0.25, -0.2) is 0 Å². The molecular weight excluding hydrogens is 226 g/mol. The number of carbonyl (C=O) groups excluding carboxylic acids is 1. The third kappa shape index (κ3) is 7.07. The van der Waals surface area contributed by atoms with Gasteiger partial charge in [0.15, 0.2) is 0 Å². The summed E-state index contributed by atoms with van der Waals surface area (Å²) in [5, 5.41) is 2.99. The predicted molar refractivity (Wildman–Crippen MR) is 76.4 cm³/mol. The fourth-order valence-electron chi connectivity index (χ4n) is 1.58. The number of hydrogen-bond donors (Lipinski definition) is 1. The molecule has 3 nitrogen and oxygen atoms in total. The Labute approximate surface area is 111 Å². The summed E-state index contributed by atoms with van der Waals surface area (Å²) in [5.74, 6) is 0.249. The molecule has 0 fully saturated rings. The zero-order valence-electron chi connectivity index (χ0n) is 11.9. The second-order valence-electron chi connectivity index (χ2n) is 4.56. The molecule has 0 spiro atoms. The van der Waals surface area contributed by atoms with Crippen molar-refractivity contribution >= 4 is 5.97 Å². The van der Waals surface area contributed by atoms with Crippen LogP contribution in [0.15, 0.2) is 36.5 Å². The van der Waals surface area contributed by atoms with Gasteiger partial charge in [-0.15, -0.1) is 0 Å². The van der Waals surface area contributed by atoms with Crippen molar-refractivity contribution in [3.8, 4) is 0 Å². The standard InChI is InChI=1S/C15H25NO2/c1-6-8-13(9-7-2)11-18-15(17)14(16-5)10-12(3)4/h6-9,12,14,16H,1,10-11H2,2-5H3/b9-7-,13-8+/t14-/m0/s1. The van der Waals surface area contributed by atoms with Crippen LogP contribution in [-0.4, -0.2) is 25.7 Å². The molecule has 0 saturated heterocycles. The minimum Gasteiger partial charge on any atom is -0.460 e.